The van der Waals surface area contributed by atoms with Gasteiger partial charge in [0, 0.05) is 13.1 Å². The smallest absolute Gasteiger partial charge is 0.259 e. The largest absolute Gasteiger partial charge is 0.466 e. The maximum absolute atomic E-state index is 12.8. The zero-order valence-corrected chi connectivity index (χ0v) is 14.1. The van der Waals surface area contributed by atoms with E-state index in [1.54, 1.807) is 32.0 Å². The third kappa shape index (κ3) is 3.35. The summed E-state index contributed by atoms with van der Waals surface area (Å²) in [4.78, 5) is 27.1. The molecule has 1 N–H and O–H groups in total. The number of nitrogens with one attached hydrogen (secondary N) is 1. The molecule has 0 saturated carbocycles. The van der Waals surface area contributed by atoms with Crippen molar-refractivity contribution in [3.8, 4) is 0 Å². The standard InChI is InChI=1S/C19H22N2O3/c1-13-12-16(14(2)24-13)18(22)20-17-9-5-4-8-15(17)19(23)21-10-6-3-7-11-21/h4-5,8-9,12H,3,6-7,10-11H2,1-2H3,(H,20,22). The van der Waals surface area contributed by atoms with Crippen LogP contribution in [-0.4, -0.2) is 29.8 Å². The van der Waals surface area contributed by atoms with Crippen molar-refractivity contribution in [3.63, 3.8) is 0 Å². The molecular weight excluding hydrogens is 304 g/mol. The first-order valence-corrected chi connectivity index (χ1v) is 8.33. The van der Waals surface area contributed by atoms with E-state index in [9.17, 15) is 9.59 Å². The Morgan fingerprint density at radius 3 is 2.42 bits per heavy atom. The number of carbonyl (C=O) groups excluding carboxylic acids is 2. The topological polar surface area (TPSA) is 62.6 Å². The van der Waals surface area contributed by atoms with Crippen LogP contribution in [0.5, 0.6) is 0 Å². The second-order valence-corrected chi connectivity index (χ2v) is 6.18. The highest BCUT2D eigenvalue weighted by molar-refractivity contribution is 6.09. The van der Waals surface area contributed by atoms with Gasteiger partial charge in [-0.25, -0.2) is 0 Å². The lowest BCUT2D eigenvalue weighted by molar-refractivity contribution is 0.0725. The van der Waals surface area contributed by atoms with Crippen molar-refractivity contribution >= 4 is 17.5 Å². The Morgan fingerprint density at radius 1 is 1.04 bits per heavy atom. The molecule has 1 aromatic carbocycles. The first-order valence-electron chi connectivity index (χ1n) is 8.33. The van der Waals surface area contributed by atoms with E-state index < -0.39 is 0 Å². The summed E-state index contributed by atoms with van der Waals surface area (Å²) in [6.07, 6.45) is 3.24. The van der Waals surface area contributed by atoms with Crippen molar-refractivity contribution in [2.24, 2.45) is 0 Å². The Morgan fingerprint density at radius 2 is 1.75 bits per heavy atom. The average molecular weight is 326 g/mol. The Hall–Kier alpha value is -2.56. The summed E-state index contributed by atoms with van der Waals surface area (Å²) >= 11 is 0. The first kappa shape index (κ1) is 16.3. The SMILES string of the molecule is Cc1cc(C(=O)Nc2ccccc2C(=O)N2CCCCC2)c(C)o1. The number of anilines is 1. The van der Waals surface area contributed by atoms with E-state index in [0.29, 0.717) is 28.3 Å². The lowest BCUT2D eigenvalue weighted by Crippen LogP contribution is -2.36. The van der Waals surface area contributed by atoms with Crippen LogP contribution in [-0.2, 0) is 0 Å². The number of amides is 2. The molecule has 1 aliphatic heterocycles. The molecule has 0 atom stereocenters. The van der Waals surface area contributed by atoms with Crippen LogP contribution in [0, 0.1) is 13.8 Å². The highest BCUT2D eigenvalue weighted by atomic mass is 16.3. The van der Waals surface area contributed by atoms with Crippen LogP contribution in [0.4, 0.5) is 5.69 Å². The second-order valence-electron chi connectivity index (χ2n) is 6.18. The number of hydrogen-bond acceptors (Lipinski definition) is 3. The molecular formula is C19H22N2O3. The van der Waals surface area contributed by atoms with Crippen molar-refractivity contribution in [1.29, 1.82) is 0 Å². The fraction of sp³-hybridized carbons (Fsp3) is 0.368. The summed E-state index contributed by atoms with van der Waals surface area (Å²) in [7, 11) is 0. The number of carbonyl (C=O) groups is 2. The monoisotopic (exact) mass is 326 g/mol. The number of para-hydroxylation sites is 1. The van der Waals surface area contributed by atoms with Crippen molar-refractivity contribution in [2.45, 2.75) is 33.1 Å². The Kier molecular flexibility index (Phi) is 4.69. The molecule has 0 spiro atoms. The number of piperidine rings is 1. The molecule has 3 rings (SSSR count). The van der Waals surface area contributed by atoms with Crippen molar-refractivity contribution in [3.05, 3.63) is 53.0 Å². The fourth-order valence-corrected chi connectivity index (χ4v) is 3.09. The highest BCUT2D eigenvalue weighted by Crippen LogP contribution is 2.22. The van der Waals surface area contributed by atoms with E-state index in [1.165, 1.54) is 6.42 Å². The molecule has 5 nitrogen and oxygen atoms in total. The number of furan rings is 1. The van der Waals surface area contributed by atoms with E-state index in [4.69, 9.17) is 4.42 Å². The molecule has 126 valence electrons. The minimum Gasteiger partial charge on any atom is -0.466 e. The summed E-state index contributed by atoms with van der Waals surface area (Å²) in [6.45, 7) is 5.12. The quantitative estimate of drug-likeness (QED) is 0.934. The van der Waals surface area contributed by atoms with Gasteiger partial charge in [-0.1, -0.05) is 12.1 Å². The number of benzene rings is 1. The summed E-state index contributed by atoms with van der Waals surface area (Å²) in [5.41, 5.74) is 1.56. The lowest BCUT2D eigenvalue weighted by Gasteiger charge is -2.27. The van der Waals surface area contributed by atoms with Gasteiger partial charge in [-0.3, -0.25) is 9.59 Å². The summed E-state index contributed by atoms with van der Waals surface area (Å²) in [5.74, 6) is 0.981. The van der Waals surface area contributed by atoms with Crippen molar-refractivity contribution in [1.82, 2.24) is 4.90 Å². The summed E-state index contributed by atoms with van der Waals surface area (Å²) < 4.78 is 5.41. The minimum atomic E-state index is -0.261. The van der Waals surface area contributed by atoms with Crippen LogP contribution in [0.2, 0.25) is 0 Å². The van der Waals surface area contributed by atoms with E-state index in [2.05, 4.69) is 5.32 Å². The van der Waals surface area contributed by atoms with Gasteiger partial charge in [0.1, 0.15) is 11.5 Å². The van der Waals surface area contributed by atoms with Crippen LogP contribution in [0.15, 0.2) is 34.7 Å². The highest BCUT2D eigenvalue weighted by Gasteiger charge is 2.22. The molecule has 1 aromatic heterocycles. The Balaban J connectivity index is 1.82. The van der Waals surface area contributed by atoms with Gasteiger partial charge in [-0.15, -0.1) is 0 Å². The molecule has 24 heavy (non-hydrogen) atoms. The normalized spacial score (nSPS) is 14.5. The Bertz CT molecular complexity index is 758. The van der Waals surface area contributed by atoms with Crippen LogP contribution in [0.1, 0.15) is 51.5 Å². The van der Waals surface area contributed by atoms with E-state index in [1.807, 2.05) is 17.0 Å². The molecule has 0 unspecified atom stereocenters. The van der Waals surface area contributed by atoms with Crippen LogP contribution >= 0.6 is 0 Å². The predicted octanol–water partition coefficient (Wildman–Crippen LogP) is 3.77. The number of nitrogens with zero attached hydrogens (tertiary/aromatic N) is 1. The molecule has 2 aromatic rings. The van der Waals surface area contributed by atoms with Gasteiger partial charge >= 0.3 is 0 Å². The van der Waals surface area contributed by atoms with E-state index in [0.717, 1.165) is 25.9 Å². The van der Waals surface area contributed by atoms with Gasteiger partial charge < -0.3 is 14.6 Å². The third-order valence-corrected chi connectivity index (χ3v) is 4.33. The molecule has 0 bridgehead atoms. The summed E-state index contributed by atoms with van der Waals surface area (Å²) in [5, 5.41) is 2.85. The average Bonchev–Trinajstić information content (AvgIpc) is 2.94. The number of likely N-dealkylation sites (tertiary alicyclic amines) is 1. The van der Waals surface area contributed by atoms with Crippen LogP contribution in [0.25, 0.3) is 0 Å². The zero-order valence-electron chi connectivity index (χ0n) is 14.1. The number of rotatable bonds is 3. The zero-order chi connectivity index (χ0) is 17.1. The van der Waals surface area contributed by atoms with Gasteiger partial charge in [-0.05, 0) is 51.3 Å². The molecule has 0 radical (unpaired) electrons. The molecule has 5 heteroatoms. The minimum absolute atomic E-state index is 0.0225. The fourth-order valence-electron chi connectivity index (χ4n) is 3.09. The number of hydrogen-bond donors (Lipinski definition) is 1. The van der Waals surface area contributed by atoms with Gasteiger partial charge in [-0.2, -0.15) is 0 Å². The predicted molar refractivity (Wildman–Crippen MR) is 92.3 cm³/mol. The van der Waals surface area contributed by atoms with Crippen LogP contribution in [0.3, 0.4) is 0 Å². The second kappa shape index (κ2) is 6.91. The number of aryl methyl sites for hydroxylation is 2. The Labute approximate surface area is 141 Å². The molecule has 0 aliphatic carbocycles. The van der Waals surface area contributed by atoms with Gasteiger partial charge in [0.15, 0.2) is 0 Å². The molecule has 2 amide bonds. The molecule has 1 saturated heterocycles. The molecule has 2 heterocycles. The van der Waals surface area contributed by atoms with Crippen LogP contribution < -0.4 is 5.32 Å². The van der Waals surface area contributed by atoms with E-state index in [-0.39, 0.29) is 11.8 Å². The van der Waals surface area contributed by atoms with Gasteiger partial charge in [0.25, 0.3) is 11.8 Å². The maximum atomic E-state index is 12.8. The van der Waals surface area contributed by atoms with Crippen molar-refractivity contribution < 1.29 is 14.0 Å². The first-order chi connectivity index (χ1) is 11.6. The summed E-state index contributed by atoms with van der Waals surface area (Å²) in [6, 6.07) is 8.87. The van der Waals surface area contributed by atoms with Gasteiger partial charge in [0.05, 0.1) is 16.8 Å². The molecule has 1 fully saturated rings. The molecule has 1 aliphatic rings. The van der Waals surface area contributed by atoms with Gasteiger partial charge in [0.2, 0.25) is 0 Å². The third-order valence-electron chi connectivity index (χ3n) is 4.33. The maximum Gasteiger partial charge on any atom is 0.259 e. The van der Waals surface area contributed by atoms with Crippen molar-refractivity contribution in [2.75, 3.05) is 18.4 Å². The lowest BCUT2D eigenvalue weighted by atomic mass is 10.1. The van der Waals surface area contributed by atoms with E-state index >= 15 is 0 Å².